The summed E-state index contributed by atoms with van der Waals surface area (Å²) in [5.74, 6) is 1.79. The third kappa shape index (κ3) is 3.63. The average molecular weight is 413 g/mol. The molecule has 3 aromatic rings. The van der Waals surface area contributed by atoms with Crippen LogP contribution in [-0.2, 0) is 24.2 Å². The molecule has 0 N–H and O–H groups in total. The summed E-state index contributed by atoms with van der Waals surface area (Å²) in [6.07, 6.45) is 9.07. The maximum atomic E-state index is 12.5. The van der Waals surface area contributed by atoms with Gasteiger partial charge < -0.3 is 9.80 Å². The minimum Gasteiger partial charge on any atom is -0.343 e. The Kier molecular flexibility index (Phi) is 4.86. The lowest BCUT2D eigenvalue weighted by atomic mass is 10.1. The van der Waals surface area contributed by atoms with E-state index in [2.05, 4.69) is 21.1 Å². The molecule has 8 heteroatoms. The predicted molar refractivity (Wildman–Crippen MR) is 116 cm³/mol. The van der Waals surface area contributed by atoms with E-state index in [1.54, 1.807) is 24.2 Å². The molecular formula is C23H23N7O. The number of aryl methyl sites for hydroxylation is 2. The molecule has 1 saturated heterocycles. The van der Waals surface area contributed by atoms with Crippen LogP contribution in [0.4, 0.5) is 11.5 Å². The van der Waals surface area contributed by atoms with Crippen molar-refractivity contribution in [3.63, 3.8) is 0 Å². The number of carbonyl (C=O) groups excluding carboxylic acids is 1. The number of anilines is 2. The number of rotatable bonds is 5. The van der Waals surface area contributed by atoms with Gasteiger partial charge in [0.2, 0.25) is 5.91 Å². The number of aromatic nitrogens is 4. The summed E-state index contributed by atoms with van der Waals surface area (Å²) < 4.78 is 1.88. The van der Waals surface area contributed by atoms with Gasteiger partial charge in [0.15, 0.2) is 5.82 Å². The maximum absolute atomic E-state index is 12.5. The Morgan fingerprint density at radius 1 is 1.23 bits per heavy atom. The van der Waals surface area contributed by atoms with Crippen molar-refractivity contribution in [2.24, 2.45) is 0 Å². The van der Waals surface area contributed by atoms with Crippen molar-refractivity contribution in [3.05, 3.63) is 65.4 Å². The van der Waals surface area contributed by atoms with E-state index in [0.717, 1.165) is 54.3 Å². The normalized spacial score (nSPS) is 17.4. The highest BCUT2D eigenvalue weighted by Gasteiger charge is 2.40. The Morgan fingerprint density at radius 3 is 3.00 bits per heavy atom. The average Bonchev–Trinajstić information content (AvgIpc) is 3.46. The van der Waals surface area contributed by atoms with E-state index >= 15 is 0 Å². The Labute approximate surface area is 180 Å². The van der Waals surface area contributed by atoms with Crippen molar-refractivity contribution in [3.8, 4) is 6.07 Å². The number of benzene rings is 1. The van der Waals surface area contributed by atoms with E-state index in [-0.39, 0.29) is 11.9 Å². The SMILES string of the molecule is CN1C(=O)[C@@H]2CCCN2c2nc(CCc3cnn(Cc4cccc(C#N)c4)c3)ncc21. The van der Waals surface area contributed by atoms with Crippen LogP contribution in [0.15, 0.2) is 42.9 Å². The van der Waals surface area contributed by atoms with Crippen molar-refractivity contribution < 1.29 is 4.79 Å². The molecule has 4 heterocycles. The highest BCUT2D eigenvalue weighted by molar-refractivity contribution is 6.04. The smallest absolute Gasteiger partial charge is 0.249 e. The molecule has 1 fully saturated rings. The predicted octanol–water partition coefficient (Wildman–Crippen LogP) is 2.32. The number of likely N-dealkylation sites (N-methyl/N-ethyl adjacent to an activating group) is 1. The first-order valence-electron chi connectivity index (χ1n) is 10.5. The summed E-state index contributed by atoms with van der Waals surface area (Å²) in [6, 6.07) is 9.66. The number of fused-ring (bicyclic) bond motifs is 3. The molecule has 1 amide bonds. The third-order valence-electron chi connectivity index (χ3n) is 6.03. The summed E-state index contributed by atoms with van der Waals surface area (Å²) in [6.45, 7) is 1.50. The van der Waals surface area contributed by atoms with Gasteiger partial charge in [-0.2, -0.15) is 10.4 Å². The second-order valence-electron chi connectivity index (χ2n) is 8.10. The first-order chi connectivity index (χ1) is 15.1. The summed E-state index contributed by atoms with van der Waals surface area (Å²) >= 11 is 0. The van der Waals surface area contributed by atoms with Crippen LogP contribution in [0.1, 0.15) is 35.4 Å². The lowest BCUT2D eigenvalue weighted by molar-refractivity contribution is -0.119. The molecular weight excluding hydrogens is 390 g/mol. The van der Waals surface area contributed by atoms with Crippen LogP contribution >= 0.6 is 0 Å². The fourth-order valence-electron chi connectivity index (χ4n) is 4.39. The molecule has 0 radical (unpaired) electrons. The molecule has 0 unspecified atom stereocenters. The molecule has 1 atom stereocenters. The Bertz CT molecular complexity index is 1180. The number of amides is 1. The van der Waals surface area contributed by atoms with Crippen LogP contribution in [0.25, 0.3) is 0 Å². The highest BCUT2D eigenvalue weighted by Crippen LogP contribution is 2.37. The van der Waals surface area contributed by atoms with E-state index in [1.807, 2.05) is 35.3 Å². The topological polar surface area (TPSA) is 90.9 Å². The van der Waals surface area contributed by atoms with Gasteiger partial charge in [-0.25, -0.2) is 9.97 Å². The van der Waals surface area contributed by atoms with E-state index in [1.165, 1.54) is 0 Å². The fourth-order valence-corrected chi connectivity index (χ4v) is 4.39. The van der Waals surface area contributed by atoms with Crippen molar-refractivity contribution in [1.82, 2.24) is 19.7 Å². The molecule has 0 bridgehead atoms. The largest absolute Gasteiger partial charge is 0.343 e. The van der Waals surface area contributed by atoms with E-state index in [9.17, 15) is 4.79 Å². The van der Waals surface area contributed by atoms with Crippen molar-refractivity contribution in [2.75, 3.05) is 23.4 Å². The molecule has 0 aliphatic carbocycles. The molecule has 2 aliphatic heterocycles. The van der Waals surface area contributed by atoms with Gasteiger partial charge in [0, 0.05) is 26.2 Å². The summed E-state index contributed by atoms with van der Waals surface area (Å²) in [5.41, 5.74) is 3.61. The number of carbonyl (C=O) groups is 1. The molecule has 2 aliphatic rings. The van der Waals surface area contributed by atoms with Gasteiger partial charge in [0.25, 0.3) is 0 Å². The van der Waals surface area contributed by atoms with Gasteiger partial charge in [-0.3, -0.25) is 9.48 Å². The highest BCUT2D eigenvalue weighted by atomic mass is 16.2. The van der Waals surface area contributed by atoms with Gasteiger partial charge in [-0.1, -0.05) is 12.1 Å². The zero-order valence-electron chi connectivity index (χ0n) is 17.4. The van der Waals surface area contributed by atoms with E-state index in [0.29, 0.717) is 18.5 Å². The third-order valence-corrected chi connectivity index (χ3v) is 6.03. The lowest BCUT2D eigenvalue weighted by Gasteiger charge is -2.36. The summed E-state index contributed by atoms with van der Waals surface area (Å²) in [7, 11) is 1.81. The van der Waals surface area contributed by atoms with Crippen LogP contribution < -0.4 is 9.80 Å². The molecule has 1 aromatic carbocycles. The lowest BCUT2D eigenvalue weighted by Crippen LogP contribution is -2.49. The monoisotopic (exact) mass is 413 g/mol. The molecule has 0 saturated carbocycles. The quantitative estimate of drug-likeness (QED) is 0.638. The van der Waals surface area contributed by atoms with Gasteiger partial charge in [-0.15, -0.1) is 0 Å². The molecule has 8 nitrogen and oxygen atoms in total. The zero-order valence-corrected chi connectivity index (χ0v) is 17.4. The standard InChI is InChI=1S/C23H23N7O/c1-28-20-13-25-21(27-22(20)30-9-3-6-19(30)23(28)31)8-7-18-12-26-29(15-18)14-17-5-2-4-16(10-17)11-24/h2,4-5,10,12-13,15,19H,3,6-9,14H2,1H3/t19-/m0/s1. The van der Waals surface area contributed by atoms with Crippen molar-refractivity contribution in [1.29, 1.82) is 5.26 Å². The van der Waals surface area contributed by atoms with Gasteiger partial charge >= 0.3 is 0 Å². The molecule has 5 rings (SSSR count). The minimum absolute atomic E-state index is 0.0852. The first-order valence-corrected chi connectivity index (χ1v) is 10.5. The number of hydrogen-bond acceptors (Lipinski definition) is 6. The molecule has 31 heavy (non-hydrogen) atoms. The minimum atomic E-state index is -0.0852. The Hall–Kier alpha value is -3.73. The molecule has 2 aromatic heterocycles. The van der Waals surface area contributed by atoms with E-state index in [4.69, 9.17) is 10.2 Å². The van der Waals surface area contributed by atoms with Crippen LogP contribution in [-0.4, -0.2) is 45.3 Å². The van der Waals surface area contributed by atoms with Gasteiger partial charge in [0.1, 0.15) is 17.6 Å². The number of hydrogen-bond donors (Lipinski definition) is 0. The summed E-state index contributed by atoms with van der Waals surface area (Å²) in [5, 5.41) is 13.5. The van der Waals surface area contributed by atoms with Gasteiger partial charge in [0.05, 0.1) is 30.6 Å². The van der Waals surface area contributed by atoms with Crippen molar-refractivity contribution in [2.45, 2.75) is 38.3 Å². The van der Waals surface area contributed by atoms with Crippen LogP contribution in [0.5, 0.6) is 0 Å². The summed E-state index contributed by atoms with van der Waals surface area (Å²) in [4.78, 5) is 25.7. The van der Waals surface area contributed by atoms with Crippen molar-refractivity contribution >= 4 is 17.4 Å². The zero-order chi connectivity index (χ0) is 21.4. The van der Waals surface area contributed by atoms with Crippen LogP contribution in [0.3, 0.4) is 0 Å². The van der Waals surface area contributed by atoms with Gasteiger partial charge in [-0.05, 0) is 42.5 Å². The number of nitrogens with zero attached hydrogens (tertiary/aromatic N) is 7. The molecule has 0 spiro atoms. The second-order valence-corrected chi connectivity index (χ2v) is 8.10. The van der Waals surface area contributed by atoms with Crippen LogP contribution in [0.2, 0.25) is 0 Å². The second kappa shape index (κ2) is 7.84. The Morgan fingerprint density at radius 2 is 2.13 bits per heavy atom. The fraction of sp³-hybridized carbons (Fsp3) is 0.348. The maximum Gasteiger partial charge on any atom is 0.249 e. The molecule has 156 valence electrons. The number of nitriles is 1. The Balaban J connectivity index is 1.28. The van der Waals surface area contributed by atoms with Crippen LogP contribution in [0, 0.1) is 11.3 Å². The van der Waals surface area contributed by atoms with E-state index < -0.39 is 0 Å². The first kappa shape index (κ1) is 19.2.